The zero-order valence-electron chi connectivity index (χ0n) is 11.3. The predicted molar refractivity (Wildman–Crippen MR) is 71.6 cm³/mol. The topological polar surface area (TPSA) is 55.8 Å². The third-order valence-corrected chi connectivity index (χ3v) is 2.13. The van der Waals surface area contributed by atoms with Crippen LogP contribution in [0.15, 0.2) is 24.3 Å². The molecule has 0 aliphatic carbocycles. The molecule has 1 aromatic rings. The van der Waals surface area contributed by atoms with Crippen LogP contribution in [0.4, 0.5) is 0 Å². The number of esters is 1. The Bertz CT molecular complexity index is 462. The summed E-state index contributed by atoms with van der Waals surface area (Å²) in [6.07, 6.45) is 4.18. The molecular formula is C15H18O4. The Balaban J connectivity index is 2.51. The van der Waals surface area contributed by atoms with Crippen molar-refractivity contribution in [2.24, 2.45) is 0 Å². The highest BCUT2D eigenvalue weighted by molar-refractivity contribution is 5.71. The summed E-state index contributed by atoms with van der Waals surface area (Å²) >= 11 is 0. The Kier molecular flexibility index (Phi) is 4.96. The molecule has 1 atom stereocenters. The van der Waals surface area contributed by atoms with Gasteiger partial charge in [-0.3, -0.25) is 0 Å². The highest BCUT2D eigenvalue weighted by Crippen LogP contribution is 2.17. The molecule has 19 heavy (non-hydrogen) atoms. The molecular weight excluding hydrogens is 244 g/mol. The molecule has 0 aliphatic heterocycles. The van der Waals surface area contributed by atoms with Gasteiger partial charge in [-0.25, -0.2) is 4.79 Å². The maximum atomic E-state index is 11.4. The number of rotatable bonds is 4. The van der Waals surface area contributed by atoms with Crippen LogP contribution < -0.4 is 4.74 Å². The Morgan fingerprint density at radius 1 is 1.37 bits per heavy atom. The van der Waals surface area contributed by atoms with Gasteiger partial charge in [-0.2, -0.15) is 0 Å². The third kappa shape index (κ3) is 5.45. The fraction of sp³-hybridized carbons (Fsp3) is 0.400. The van der Waals surface area contributed by atoms with E-state index in [-0.39, 0.29) is 6.61 Å². The zero-order chi connectivity index (χ0) is 14.5. The van der Waals surface area contributed by atoms with Crippen LogP contribution in [0.5, 0.6) is 5.75 Å². The minimum atomic E-state index is -0.931. The first-order valence-electron chi connectivity index (χ1n) is 5.90. The van der Waals surface area contributed by atoms with Crippen LogP contribution in [0.25, 0.3) is 0 Å². The lowest BCUT2D eigenvalue weighted by molar-refractivity contribution is -0.157. The van der Waals surface area contributed by atoms with Crippen molar-refractivity contribution >= 4 is 5.97 Å². The fourth-order valence-corrected chi connectivity index (χ4v) is 1.36. The summed E-state index contributed by atoms with van der Waals surface area (Å²) in [5.74, 6) is 2.30. The Labute approximate surface area is 113 Å². The molecule has 4 nitrogen and oxygen atoms in total. The summed E-state index contributed by atoms with van der Waals surface area (Å²) in [7, 11) is 0. The van der Waals surface area contributed by atoms with Crippen molar-refractivity contribution in [1.29, 1.82) is 0 Å². The Hall–Kier alpha value is -1.99. The second kappa shape index (κ2) is 6.26. The first-order chi connectivity index (χ1) is 8.81. The van der Waals surface area contributed by atoms with Gasteiger partial charge in [0.2, 0.25) is 0 Å². The number of aliphatic hydroxyl groups is 1. The van der Waals surface area contributed by atoms with Gasteiger partial charge in [0, 0.05) is 0 Å². The summed E-state index contributed by atoms with van der Waals surface area (Å²) in [4.78, 5) is 11.4. The van der Waals surface area contributed by atoms with Gasteiger partial charge in [-0.1, -0.05) is 18.1 Å². The van der Waals surface area contributed by atoms with Crippen LogP contribution in [-0.2, 0) is 9.53 Å². The van der Waals surface area contributed by atoms with E-state index in [4.69, 9.17) is 15.9 Å². The van der Waals surface area contributed by atoms with Crippen LogP contribution in [0, 0.1) is 12.3 Å². The maximum absolute atomic E-state index is 11.4. The number of hydrogen-bond donors (Lipinski definition) is 1. The van der Waals surface area contributed by atoms with E-state index in [1.807, 2.05) is 0 Å². The molecule has 0 fully saturated rings. The normalized spacial score (nSPS) is 12.4. The van der Waals surface area contributed by atoms with Gasteiger partial charge >= 0.3 is 5.97 Å². The van der Waals surface area contributed by atoms with E-state index in [1.165, 1.54) is 0 Å². The maximum Gasteiger partial charge on any atom is 0.344 e. The number of hydrogen-bond acceptors (Lipinski definition) is 4. The highest BCUT2D eigenvalue weighted by atomic mass is 16.6. The first-order valence-corrected chi connectivity index (χ1v) is 5.90. The number of carbonyl (C=O) groups is 1. The average Bonchev–Trinajstić information content (AvgIpc) is 2.34. The standard InChI is InChI=1S/C15H18O4/c1-5-13(16)11-6-8-12(9-7-11)18-10-14(17)19-15(2,3)4/h1,6-9,13,16H,10H2,2-4H3. The van der Waals surface area contributed by atoms with Crippen LogP contribution in [0.1, 0.15) is 32.4 Å². The summed E-state index contributed by atoms with van der Waals surface area (Å²) in [6, 6.07) is 6.57. The summed E-state index contributed by atoms with van der Waals surface area (Å²) in [6.45, 7) is 5.22. The van der Waals surface area contributed by atoms with E-state index in [2.05, 4.69) is 5.92 Å². The second-order valence-corrected chi connectivity index (χ2v) is 5.01. The number of carbonyl (C=O) groups excluding carboxylic acids is 1. The summed E-state index contributed by atoms with van der Waals surface area (Å²) < 4.78 is 10.4. The predicted octanol–water partition coefficient (Wildman–Crippen LogP) is 2.07. The van der Waals surface area contributed by atoms with Crippen molar-refractivity contribution in [1.82, 2.24) is 0 Å². The number of ether oxygens (including phenoxy) is 2. The van der Waals surface area contributed by atoms with Crippen LogP contribution in [0.2, 0.25) is 0 Å². The van der Waals surface area contributed by atoms with Crippen LogP contribution in [-0.4, -0.2) is 23.3 Å². The molecule has 0 bridgehead atoms. The molecule has 0 saturated heterocycles. The summed E-state index contributed by atoms with van der Waals surface area (Å²) in [5.41, 5.74) is 0.0772. The van der Waals surface area contributed by atoms with Crippen molar-refractivity contribution in [3.8, 4) is 18.1 Å². The summed E-state index contributed by atoms with van der Waals surface area (Å²) in [5, 5.41) is 9.41. The van der Waals surface area contributed by atoms with E-state index in [9.17, 15) is 9.90 Å². The number of terminal acetylenes is 1. The molecule has 1 aromatic carbocycles. The molecule has 1 rings (SSSR count). The largest absolute Gasteiger partial charge is 0.482 e. The fourth-order valence-electron chi connectivity index (χ4n) is 1.36. The minimum absolute atomic E-state index is 0.158. The SMILES string of the molecule is C#CC(O)c1ccc(OCC(=O)OC(C)(C)C)cc1. The van der Waals surface area contributed by atoms with Gasteiger partial charge in [0.25, 0.3) is 0 Å². The van der Waals surface area contributed by atoms with Crippen molar-refractivity contribution in [2.75, 3.05) is 6.61 Å². The van der Waals surface area contributed by atoms with Crippen molar-refractivity contribution in [3.63, 3.8) is 0 Å². The van der Waals surface area contributed by atoms with Gasteiger partial charge in [0.1, 0.15) is 17.5 Å². The van der Waals surface area contributed by atoms with Gasteiger partial charge in [0.05, 0.1) is 0 Å². The van der Waals surface area contributed by atoms with Gasteiger partial charge in [0.15, 0.2) is 6.61 Å². The molecule has 102 valence electrons. The molecule has 0 spiro atoms. The molecule has 0 amide bonds. The van der Waals surface area contributed by atoms with Crippen molar-refractivity contribution in [2.45, 2.75) is 32.5 Å². The van der Waals surface area contributed by atoms with Gasteiger partial charge in [-0.05, 0) is 38.5 Å². The van der Waals surface area contributed by atoms with Crippen LogP contribution in [0.3, 0.4) is 0 Å². The van der Waals surface area contributed by atoms with E-state index >= 15 is 0 Å². The van der Waals surface area contributed by atoms with Crippen molar-refractivity contribution < 1.29 is 19.4 Å². The molecule has 1 unspecified atom stereocenters. The number of aliphatic hydroxyl groups excluding tert-OH is 1. The smallest absolute Gasteiger partial charge is 0.344 e. The lowest BCUT2D eigenvalue weighted by Crippen LogP contribution is -2.27. The molecule has 4 heteroatoms. The average molecular weight is 262 g/mol. The van der Waals surface area contributed by atoms with E-state index in [0.29, 0.717) is 11.3 Å². The molecule has 0 heterocycles. The van der Waals surface area contributed by atoms with E-state index in [1.54, 1.807) is 45.0 Å². The lowest BCUT2D eigenvalue weighted by Gasteiger charge is -2.19. The molecule has 0 aromatic heterocycles. The van der Waals surface area contributed by atoms with E-state index in [0.717, 1.165) is 0 Å². The molecule has 1 N–H and O–H groups in total. The Morgan fingerprint density at radius 3 is 2.42 bits per heavy atom. The van der Waals surface area contributed by atoms with Crippen molar-refractivity contribution in [3.05, 3.63) is 29.8 Å². The Morgan fingerprint density at radius 2 is 1.95 bits per heavy atom. The number of benzene rings is 1. The van der Waals surface area contributed by atoms with Gasteiger partial charge in [-0.15, -0.1) is 6.42 Å². The monoisotopic (exact) mass is 262 g/mol. The minimum Gasteiger partial charge on any atom is -0.482 e. The molecule has 0 radical (unpaired) electrons. The second-order valence-electron chi connectivity index (χ2n) is 5.01. The molecule has 0 saturated carbocycles. The highest BCUT2D eigenvalue weighted by Gasteiger charge is 2.16. The van der Waals surface area contributed by atoms with E-state index < -0.39 is 17.7 Å². The zero-order valence-corrected chi connectivity index (χ0v) is 11.3. The third-order valence-electron chi connectivity index (χ3n) is 2.13. The first kappa shape index (κ1) is 15.1. The molecule has 0 aliphatic rings. The quantitative estimate of drug-likeness (QED) is 0.666. The van der Waals surface area contributed by atoms with Crippen LogP contribution >= 0.6 is 0 Å². The lowest BCUT2D eigenvalue weighted by atomic mass is 10.1. The van der Waals surface area contributed by atoms with Gasteiger partial charge < -0.3 is 14.6 Å².